The highest BCUT2D eigenvalue weighted by Gasteiger charge is 2.32. The summed E-state index contributed by atoms with van der Waals surface area (Å²) in [5.74, 6) is -1.29. The van der Waals surface area contributed by atoms with E-state index >= 15 is 0 Å². The molecule has 1 atom stereocenters. The molecular formula is C30H36N2O2. The Morgan fingerprint density at radius 2 is 1.12 bits per heavy atom. The second kappa shape index (κ2) is 9.84. The molecule has 0 fully saturated rings. The lowest BCUT2D eigenvalue weighted by Gasteiger charge is -2.28. The van der Waals surface area contributed by atoms with Crippen LogP contribution in [-0.4, -0.2) is 17.9 Å². The fourth-order valence-corrected chi connectivity index (χ4v) is 4.07. The smallest absolute Gasteiger partial charge is 0.251 e. The Kier molecular flexibility index (Phi) is 7.30. The maximum absolute atomic E-state index is 13.6. The second-order valence-electron chi connectivity index (χ2n) is 11.0. The maximum atomic E-state index is 13.6. The molecule has 3 N–H and O–H groups in total. The highest BCUT2D eigenvalue weighted by molar-refractivity contribution is 5.98. The van der Waals surface area contributed by atoms with Crippen molar-refractivity contribution in [2.75, 3.05) is 0 Å². The Morgan fingerprint density at radius 1 is 0.706 bits per heavy atom. The maximum Gasteiger partial charge on any atom is 0.251 e. The minimum atomic E-state index is -0.909. The Morgan fingerprint density at radius 3 is 1.47 bits per heavy atom. The molecule has 3 aromatic carbocycles. The van der Waals surface area contributed by atoms with Crippen LogP contribution >= 0.6 is 0 Å². The second-order valence-corrected chi connectivity index (χ2v) is 11.0. The van der Waals surface area contributed by atoms with E-state index in [4.69, 9.17) is 5.73 Å². The van der Waals surface area contributed by atoms with E-state index in [0.29, 0.717) is 5.56 Å². The normalized spacial score (nSPS) is 12.9. The van der Waals surface area contributed by atoms with Gasteiger partial charge in [0.2, 0.25) is 5.91 Å². The van der Waals surface area contributed by atoms with Crippen LogP contribution < -0.4 is 11.1 Å². The molecule has 4 nitrogen and oxygen atoms in total. The van der Waals surface area contributed by atoms with Gasteiger partial charge in [-0.05, 0) is 45.2 Å². The summed E-state index contributed by atoms with van der Waals surface area (Å²) in [6, 6.07) is 24.5. The van der Waals surface area contributed by atoms with Crippen LogP contribution in [0.1, 0.15) is 80.1 Å². The minimum Gasteiger partial charge on any atom is -0.368 e. The van der Waals surface area contributed by atoms with Gasteiger partial charge < -0.3 is 11.1 Å². The molecule has 3 aromatic rings. The number of primary amides is 1. The van der Waals surface area contributed by atoms with Crippen molar-refractivity contribution >= 4 is 11.8 Å². The van der Waals surface area contributed by atoms with Gasteiger partial charge in [0.15, 0.2) is 0 Å². The number of rotatable bonds is 6. The van der Waals surface area contributed by atoms with Crippen molar-refractivity contribution in [3.63, 3.8) is 0 Å². The molecule has 0 aliphatic rings. The molecular weight excluding hydrogens is 420 g/mol. The van der Waals surface area contributed by atoms with Gasteiger partial charge in [0.1, 0.15) is 6.04 Å². The molecule has 0 bridgehead atoms. The Hall–Kier alpha value is -3.40. The van der Waals surface area contributed by atoms with Gasteiger partial charge in [-0.2, -0.15) is 0 Å². The zero-order valence-electron chi connectivity index (χ0n) is 21.1. The van der Waals surface area contributed by atoms with E-state index < -0.39 is 17.9 Å². The van der Waals surface area contributed by atoms with Crippen molar-refractivity contribution in [3.05, 3.63) is 107 Å². The third-order valence-corrected chi connectivity index (χ3v) is 6.17. The lowest BCUT2D eigenvalue weighted by atomic mass is 9.79. The lowest BCUT2D eigenvalue weighted by Crippen LogP contribution is -2.48. The summed E-state index contributed by atoms with van der Waals surface area (Å²) in [5.41, 5.74) is 10.1. The summed E-state index contributed by atoms with van der Waals surface area (Å²) in [4.78, 5) is 26.3. The third kappa shape index (κ3) is 5.93. The SMILES string of the molecule is CC(C)(C)c1cc(C(=O)N[C@H](C(N)=O)C(c2ccccc2)c2ccccc2)cc(C(C)(C)C)c1. The molecule has 0 spiro atoms. The number of hydrogen-bond acceptors (Lipinski definition) is 2. The topological polar surface area (TPSA) is 72.2 Å². The summed E-state index contributed by atoms with van der Waals surface area (Å²) in [6.07, 6.45) is 0. The summed E-state index contributed by atoms with van der Waals surface area (Å²) in [5, 5.41) is 2.97. The van der Waals surface area contributed by atoms with Gasteiger partial charge in [-0.15, -0.1) is 0 Å². The summed E-state index contributed by atoms with van der Waals surface area (Å²) in [6.45, 7) is 12.8. The van der Waals surface area contributed by atoms with Crippen molar-refractivity contribution in [1.29, 1.82) is 0 Å². The zero-order valence-corrected chi connectivity index (χ0v) is 21.1. The Labute approximate surface area is 203 Å². The van der Waals surface area contributed by atoms with Crippen LogP contribution in [0.4, 0.5) is 0 Å². The predicted molar refractivity (Wildman–Crippen MR) is 139 cm³/mol. The van der Waals surface area contributed by atoms with Gasteiger partial charge in [-0.1, -0.05) is 108 Å². The number of carbonyl (C=O) groups is 2. The number of nitrogens with one attached hydrogen (secondary N) is 1. The van der Waals surface area contributed by atoms with Crippen molar-refractivity contribution in [1.82, 2.24) is 5.32 Å². The van der Waals surface area contributed by atoms with Gasteiger partial charge in [-0.25, -0.2) is 0 Å². The fourth-order valence-electron chi connectivity index (χ4n) is 4.07. The molecule has 0 aromatic heterocycles. The van der Waals surface area contributed by atoms with E-state index in [0.717, 1.165) is 22.3 Å². The summed E-state index contributed by atoms with van der Waals surface area (Å²) in [7, 11) is 0. The first-order chi connectivity index (χ1) is 15.9. The molecule has 0 radical (unpaired) electrons. The zero-order chi connectivity index (χ0) is 25.1. The summed E-state index contributed by atoms with van der Waals surface area (Å²) < 4.78 is 0. The lowest BCUT2D eigenvalue weighted by molar-refractivity contribution is -0.120. The first-order valence-corrected chi connectivity index (χ1v) is 11.7. The van der Waals surface area contributed by atoms with Crippen molar-refractivity contribution in [2.45, 2.75) is 64.3 Å². The van der Waals surface area contributed by atoms with E-state index in [2.05, 4.69) is 52.9 Å². The molecule has 0 unspecified atom stereocenters. The predicted octanol–water partition coefficient (Wildman–Crippen LogP) is 5.70. The Bertz CT molecular complexity index is 1070. The first-order valence-electron chi connectivity index (χ1n) is 11.7. The minimum absolute atomic E-state index is 0.129. The average Bonchev–Trinajstić information content (AvgIpc) is 2.78. The van der Waals surface area contributed by atoms with Crippen molar-refractivity contribution in [3.8, 4) is 0 Å². The highest BCUT2D eigenvalue weighted by atomic mass is 16.2. The van der Waals surface area contributed by atoms with Gasteiger partial charge in [-0.3, -0.25) is 9.59 Å². The fraction of sp³-hybridized carbons (Fsp3) is 0.333. The molecule has 178 valence electrons. The van der Waals surface area contributed by atoms with E-state index in [9.17, 15) is 9.59 Å². The van der Waals surface area contributed by atoms with Crippen LogP contribution in [0, 0.1) is 0 Å². The van der Waals surface area contributed by atoms with Crippen LogP contribution in [0.2, 0.25) is 0 Å². The van der Waals surface area contributed by atoms with Gasteiger partial charge >= 0.3 is 0 Å². The molecule has 0 aliphatic heterocycles. The van der Waals surface area contributed by atoms with E-state index in [-0.39, 0.29) is 16.7 Å². The number of nitrogens with two attached hydrogens (primary N) is 1. The highest BCUT2D eigenvalue weighted by Crippen LogP contribution is 2.31. The Balaban J connectivity index is 2.06. The van der Waals surface area contributed by atoms with Crippen LogP contribution in [-0.2, 0) is 15.6 Å². The van der Waals surface area contributed by atoms with Crippen LogP contribution in [0.5, 0.6) is 0 Å². The van der Waals surface area contributed by atoms with Crippen molar-refractivity contribution < 1.29 is 9.59 Å². The molecule has 2 amide bonds. The van der Waals surface area contributed by atoms with Crippen molar-refractivity contribution in [2.24, 2.45) is 5.73 Å². The van der Waals surface area contributed by atoms with Gasteiger partial charge in [0.25, 0.3) is 5.91 Å². The van der Waals surface area contributed by atoms with Crippen LogP contribution in [0.15, 0.2) is 78.9 Å². The number of amides is 2. The molecule has 3 rings (SSSR count). The quantitative estimate of drug-likeness (QED) is 0.500. The van der Waals surface area contributed by atoms with Gasteiger partial charge in [0.05, 0.1) is 0 Å². The van der Waals surface area contributed by atoms with E-state index in [1.807, 2.05) is 72.8 Å². The molecule has 0 heterocycles. The third-order valence-electron chi connectivity index (χ3n) is 6.17. The van der Waals surface area contributed by atoms with E-state index in [1.165, 1.54) is 0 Å². The molecule has 0 aliphatic carbocycles. The first kappa shape index (κ1) is 25.2. The van der Waals surface area contributed by atoms with E-state index in [1.54, 1.807) is 0 Å². The molecule has 4 heteroatoms. The standard InChI is InChI=1S/C30H36N2O2/c1-29(2,3)23-17-22(18-24(19-23)30(4,5)6)28(34)32-26(27(31)33)25(20-13-9-7-10-14-20)21-15-11-8-12-16-21/h7-19,25-26H,1-6H3,(H2,31,33)(H,32,34)/t26-/m0/s1. The molecule has 0 saturated carbocycles. The van der Waals surface area contributed by atoms with Gasteiger partial charge in [0, 0.05) is 11.5 Å². The molecule has 0 saturated heterocycles. The molecule has 34 heavy (non-hydrogen) atoms. The average molecular weight is 457 g/mol. The number of benzene rings is 3. The summed E-state index contributed by atoms with van der Waals surface area (Å²) >= 11 is 0. The number of hydrogen-bond donors (Lipinski definition) is 2. The number of carbonyl (C=O) groups excluding carboxylic acids is 2. The largest absolute Gasteiger partial charge is 0.368 e. The van der Waals surface area contributed by atoms with Crippen LogP contribution in [0.25, 0.3) is 0 Å². The monoisotopic (exact) mass is 456 g/mol. The van der Waals surface area contributed by atoms with Crippen LogP contribution in [0.3, 0.4) is 0 Å².